The fourth-order valence-electron chi connectivity index (χ4n) is 1.39. The number of hydrogen-bond donors (Lipinski definition) is 1. The molecule has 68 valence electrons. The van der Waals surface area contributed by atoms with Gasteiger partial charge in [-0.3, -0.25) is 0 Å². The van der Waals surface area contributed by atoms with E-state index in [1.54, 1.807) is 0 Å². The third-order valence-corrected chi connectivity index (χ3v) is 1.69. The second-order valence-electron chi connectivity index (χ2n) is 3.94. The summed E-state index contributed by atoms with van der Waals surface area (Å²) in [5.74, 6) is 1.14. The van der Waals surface area contributed by atoms with Crippen LogP contribution in [0.3, 0.4) is 0 Å². The molecular weight excluding hydrogens is 138 g/mol. The number of hydrogen-bond acceptors (Lipinski definition) is 2. The second-order valence-corrected chi connectivity index (χ2v) is 3.94. The molecule has 0 aromatic heterocycles. The van der Waals surface area contributed by atoms with Gasteiger partial charge in [-0.1, -0.05) is 13.8 Å². The lowest BCUT2D eigenvalue weighted by atomic mass is 9.98. The van der Waals surface area contributed by atoms with Gasteiger partial charge in [0.25, 0.3) is 0 Å². The van der Waals surface area contributed by atoms with Crippen molar-refractivity contribution in [2.24, 2.45) is 11.8 Å². The van der Waals surface area contributed by atoms with Gasteiger partial charge >= 0.3 is 0 Å². The highest BCUT2D eigenvalue weighted by Crippen LogP contribution is 2.11. The third kappa shape index (κ3) is 6.32. The Morgan fingerprint density at radius 1 is 1.27 bits per heavy atom. The minimum atomic E-state index is 0.316. The minimum absolute atomic E-state index is 0.316. The summed E-state index contributed by atoms with van der Waals surface area (Å²) in [4.78, 5) is 2.13. The highest BCUT2D eigenvalue weighted by molar-refractivity contribution is 4.62. The molecule has 0 aromatic carbocycles. The zero-order valence-corrected chi connectivity index (χ0v) is 8.17. The Balaban J connectivity index is 3.58. The highest BCUT2D eigenvalue weighted by atomic mass is 16.3. The van der Waals surface area contributed by atoms with Crippen LogP contribution < -0.4 is 0 Å². The number of nitrogens with zero attached hydrogens (tertiary/aromatic N) is 1. The van der Waals surface area contributed by atoms with E-state index in [0.717, 1.165) is 13.0 Å². The van der Waals surface area contributed by atoms with Crippen molar-refractivity contribution in [2.75, 3.05) is 27.2 Å². The van der Waals surface area contributed by atoms with E-state index in [1.165, 1.54) is 0 Å². The van der Waals surface area contributed by atoms with Crippen LogP contribution in [0.15, 0.2) is 0 Å². The molecule has 0 rings (SSSR count). The average molecular weight is 159 g/mol. The van der Waals surface area contributed by atoms with Crippen molar-refractivity contribution >= 4 is 0 Å². The van der Waals surface area contributed by atoms with E-state index in [4.69, 9.17) is 5.11 Å². The topological polar surface area (TPSA) is 23.5 Å². The molecule has 0 heterocycles. The molecule has 1 unspecified atom stereocenters. The van der Waals surface area contributed by atoms with Gasteiger partial charge in [0.05, 0.1) is 0 Å². The molecule has 0 saturated carbocycles. The maximum Gasteiger partial charge on any atom is 0.0471 e. The summed E-state index contributed by atoms with van der Waals surface area (Å²) < 4.78 is 0. The first kappa shape index (κ1) is 10.9. The van der Waals surface area contributed by atoms with Gasteiger partial charge in [-0.05, 0) is 32.4 Å². The van der Waals surface area contributed by atoms with Crippen molar-refractivity contribution in [1.29, 1.82) is 0 Å². The zero-order valence-electron chi connectivity index (χ0n) is 8.17. The molecule has 0 fully saturated rings. The molecule has 0 amide bonds. The van der Waals surface area contributed by atoms with E-state index in [1.807, 2.05) is 14.1 Å². The predicted molar refractivity (Wildman–Crippen MR) is 48.6 cm³/mol. The first-order valence-electron chi connectivity index (χ1n) is 4.31. The average Bonchev–Trinajstić information content (AvgIpc) is 1.84. The quantitative estimate of drug-likeness (QED) is 0.651. The van der Waals surface area contributed by atoms with Crippen LogP contribution in [0.25, 0.3) is 0 Å². The Morgan fingerprint density at radius 2 is 1.82 bits per heavy atom. The number of aliphatic hydroxyl groups is 1. The molecule has 0 saturated heterocycles. The fourth-order valence-corrected chi connectivity index (χ4v) is 1.39. The van der Waals surface area contributed by atoms with Crippen LogP contribution in [-0.2, 0) is 0 Å². The zero-order chi connectivity index (χ0) is 8.85. The van der Waals surface area contributed by atoms with E-state index < -0.39 is 0 Å². The van der Waals surface area contributed by atoms with Crippen molar-refractivity contribution in [3.63, 3.8) is 0 Å². The Morgan fingerprint density at radius 3 is 2.09 bits per heavy atom. The van der Waals surface area contributed by atoms with Gasteiger partial charge < -0.3 is 10.0 Å². The Hall–Kier alpha value is -0.0800. The minimum Gasteiger partial charge on any atom is -0.396 e. The van der Waals surface area contributed by atoms with E-state index in [9.17, 15) is 0 Å². The molecule has 0 bridgehead atoms. The molecule has 1 atom stereocenters. The van der Waals surface area contributed by atoms with Crippen LogP contribution in [0, 0.1) is 11.8 Å². The molecule has 2 nitrogen and oxygen atoms in total. The molecule has 1 N–H and O–H groups in total. The van der Waals surface area contributed by atoms with Gasteiger partial charge in [-0.2, -0.15) is 0 Å². The van der Waals surface area contributed by atoms with Gasteiger partial charge in [0.1, 0.15) is 0 Å². The van der Waals surface area contributed by atoms with E-state index in [0.29, 0.717) is 18.4 Å². The van der Waals surface area contributed by atoms with Crippen molar-refractivity contribution in [3.05, 3.63) is 0 Å². The van der Waals surface area contributed by atoms with Gasteiger partial charge in [-0.15, -0.1) is 0 Å². The summed E-state index contributed by atoms with van der Waals surface area (Å²) >= 11 is 0. The molecule has 0 aromatic rings. The molecule has 0 aliphatic carbocycles. The van der Waals surface area contributed by atoms with Crippen LogP contribution in [0.2, 0.25) is 0 Å². The normalized spacial score (nSPS) is 14.5. The summed E-state index contributed by atoms with van der Waals surface area (Å²) in [5, 5.41) is 9.00. The summed E-state index contributed by atoms with van der Waals surface area (Å²) in [5.41, 5.74) is 0. The molecular formula is C9H21NO. The van der Waals surface area contributed by atoms with Crippen molar-refractivity contribution in [3.8, 4) is 0 Å². The van der Waals surface area contributed by atoms with Crippen LogP contribution in [0.1, 0.15) is 20.3 Å². The summed E-state index contributed by atoms with van der Waals surface area (Å²) in [6.07, 6.45) is 1.12. The maximum atomic E-state index is 9.00. The van der Waals surface area contributed by atoms with E-state index in [2.05, 4.69) is 18.7 Å². The molecule has 2 heteroatoms. The van der Waals surface area contributed by atoms with E-state index in [-0.39, 0.29) is 0 Å². The Bertz CT molecular complexity index is 81.6. The molecule has 0 aliphatic heterocycles. The van der Waals surface area contributed by atoms with Crippen molar-refractivity contribution < 1.29 is 5.11 Å². The molecule has 11 heavy (non-hydrogen) atoms. The smallest absolute Gasteiger partial charge is 0.0471 e. The highest BCUT2D eigenvalue weighted by Gasteiger charge is 2.09. The third-order valence-electron chi connectivity index (χ3n) is 1.69. The standard InChI is InChI=1S/C9H21NO/c1-8(2)5-9(7-11)6-10(3)4/h8-9,11H,5-7H2,1-4H3. The van der Waals surface area contributed by atoms with Crippen LogP contribution in [0.4, 0.5) is 0 Å². The number of rotatable bonds is 5. The Kier molecular flexibility index (Phi) is 5.51. The van der Waals surface area contributed by atoms with Gasteiger partial charge in [0, 0.05) is 13.2 Å². The molecule has 0 radical (unpaired) electrons. The largest absolute Gasteiger partial charge is 0.396 e. The van der Waals surface area contributed by atoms with Gasteiger partial charge in [0.15, 0.2) is 0 Å². The lowest BCUT2D eigenvalue weighted by molar-refractivity contribution is 0.173. The van der Waals surface area contributed by atoms with Gasteiger partial charge in [0.2, 0.25) is 0 Å². The van der Waals surface area contributed by atoms with Crippen molar-refractivity contribution in [1.82, 2.24) is 4.90 Å². The Labute approximate surface area is 70.2 Å². The number of aliphatic hydroxyl groups excluding tert-OH is 1. The summed E-state index contributed by atoms with van der Waals surface area (Å²) in [6.45, 7) is 5.70. The summed E-state index contributed by atoms with van der Waals surface area (Å²) in [6, 6.07) is 0. The SMILES string of the molecule is CC(C)CC(CO)CN(C)C. The van der Waals surface area contributed by atoms with E-state index >= 15 is 0 Å². The molecule has 0 aliphatic rings. The van der Waals surface area contributed by atoms with Crippen LogP contribution in [-0.4, -0.2) is 37.3 Å². The van der Waals surface area contributed by atoms with Crippen LogP contribution in [0.5, 0.6) is 0 Å². The summed E-state index contributed by atoms with van der Waals surface area (Å²) in [7, 11) is 4.09. The lowest BCUT2D eigenvalue weighted by Crippen LogP contribution is -2.25. The lowest BCUT2D eigenvalue weighted by Gasteiger charge is -2.20. The van der Waals surface area contributed by atoms with Gasteiger partial charge in [-0.25, -0.2) is 0 Å². The fraction of sp³-hybridized carbons (Fsp3) is 1.00. The maximum absolute atomic E-state index is 9.00. The first-order valence-corrected chi connectivity index (χ1v) is 4.31. The molecule has 0 spiro atoms. The predicted octanol–water partition coefficient (Wildman–Crippen LogP) is 1.20. The monoisotopic (exact) mass is 159 g/mol. The second kappa shape index (κ2) is 5.56. The van der Waals surface area contributed by atoms with Crippen molar-refractivity contribution in [2.45, 2.75) is 20.3 Å². The first-order chi connectivity index (χ1) is 5.06. The van der Waals surface area contributed by atoms with Crippen LogP contribution >= 0.6 is 0 Å².